The van der Waals surface area contributed by atoms with E-state index < -0.39 is 0 Å². The van der Waals surface area contributed by atoms with Crippen molar-refractivity contribution in [1.82, 2.24) is 0 Å². The van der Waals surface area contributed by atoms with Crippen LogP contribution in [0.1, 0.15) is 52.9 Å². The zero-order chi connectivity index (χ0) is 14.8. The van der Waals surface area contributed by atoms with Gasteiger partial charge >= 0.3 is 0 Å². The van der Waals surface area contributed by atoms with Gasteiger partial charge in [-0.15, -0.1) is 0 Å². The van der Waals surface area contributed by atoms with Gasteiger partial charge in [0.05, 0.1) is 12.1 Å². The predicted molar refractivity (Wildman–Crippen MR) is 85.6 cm³/mol. The first-order chi connectivity index (χ1) is 10.2. The molecule has 0 spiro atoms. The van der Waals surface area contributed by atoms with Gasteiger partial charge in [-0.1, -0.05) is 26.0 Å². The van der Waals surface area contributed by atoms with Crippen molar-refractivity contribution in [2.75, 3.05) is 6.61 Å². The van der Waals surface area contributed by atoms with Crippen LogP contribution >= 0.6 is 0 Å². The maximum Gasteiger partial charge on any atom is 0.180 e. The summed E-state index contributed by atoms with van der Waals surface area (Å²) in [6.07, 6.45) is 11.0. The number of hydrogen-bond donors (Lipinski definition) is 0. The number of fused-ring (bicyclic) bond motifs is 1. The molecule has 3 heteroatoms. The molecule has 0 N–H and O–H groups in total. The molecule has 0 amide bonds. The fraction of sp³-hybridized carbons (Fsp3) is 0.722. The van der Waals surface area contributed by atoms with E-state index in [9.17, 15) is 0 Å². The number of hydrogen-bond acceptors (Lipinski definition) is 3. The van der Waals surface area contributed by atoms with Crippen molar-refractivity contribution in [3.05, 3.63) is 23.3 Å². The average Bonchev–Trinajstić information content (AvgIpc) is 3.04. The minimum absolute atomic E-state index is 0.245. The van der Waals surface area contributed by atoms with Crippen LogP contribution in [0.4, 0.5) is 0 Å². The van der Waals surface area contributed by atoms with Gasteiger partial charge in [-0.3, -0.25) is 0 Å². The molecule has 1 saturated carbocycles. The molecular formula is C18H27NO2. The predicted octanol–water partition coefficient (Wildman–Crippen LogP) is 4.04. The molecule has 3 rings (SSSR count). The zero-order valence-corrected chi connectivity index (χ0v) is 13.5. The quantitative estimate of drug-likeness (QED) is 0.764. The van der Waals surface area contributed by atoms with E-state index in [0.29, 0.717) is 5.92 Å². The number of rotatable bonds is 5. The largest absolute Gasteiger partial charge is 0.476 e. The van der Waals surface area contributed by atoms with Crippen LogP contribution in [0.15, 0.2) is 28.3 Å². The van der Waals surface area contributed by atoms with Gasteiger partial charge in [-0.25, -0.2) is 4.99 Å². The van der Waals surface area contributed by atoms with Gasteiger partial charge < -0.3 is 9.47 Å². The molecule has 0 aromatic rings. The van der Waals surface area contributed by atoms with Crippen LogP contribution in [-0.2, 0) is 9.47 Å². The molecular weight excluding hydrogens is 262 g/mol. The Balaban J connectivity index is 1.51. The fourth-order valence-electron chi connectivity index (χ4n) is 3.71. The van der Waals surface area contributed by atoms with Crippen LogP contribution in [-0.4, -0.2) is 30.8 Å². The lowest BCUT2D eigenvalue weighted by molar-refractivity contribution is 0.0500. The van der Waals surface area contributed by atoms with Crippen LogP contribution in [0, 0.1) is 5.92 Å². The highest BCUT2D eigenvalue weighted by molar-refractivity contribution is 5.75. The molecule has 0 saturated heterocycles. The molecule has 2 aliphatic carbocycles. The minimum Gasteiger partial charge on any atom is -0.476 e. The normalized spacial score (nSPS) is 34.9. The van der Waals surface area contributed by atoms with Gasteiger partial charge in [-0.05, 0) is 43.3 Å². The molecule has 4 atom stereocenters. The molecule has 0 radical (unpaired) electrons. The second-order valence-electron chi connectivity index (χ2n) is 6.50. The molecule has 1 aliphatic heterocycles. The molecule has 4 unspecified atom stereocenters. The molecule has 0 aromatic carbocycles. The smallest absolute Gasteiger partial charge is 0.180 e. The summed E-state index contributed by atoms with van der Waals surface area (Å²) in [6.45, 7) is 7.14. The van der Waals surface area contributed by atoms with Crippen LogP contribution < -0.4 is 0 Å². The van der Waals surface area contributed by atoms with Gasteiger partial charge in [0.25, 0.3) is 0 Å². The van der Waals surface area contributed by atoms with Crippen molar-refractivity contribution in [3.8, 4) is 0 Å². The molecule has 3 aliphatic rings. The number of allylic oxidation sites excluding steroid dienone is 2. The van der Waals surface area contributed by atoms with E-state index in [2.05, 4.69) is 31.0 Å². The first-order valence-electron chi connectivity index (χ1n) is 8.41. The molecule has 0 bridgehead atoms. The topological polar surface area (TPSA) is 30.8 Å². The third-order valence-corrected chi connectivity index (χ3v) is 4.88. The van der Waals surface area contributed by atoms with Crippen molar-refractivity contribution in [2.45, 2.75) is 71.1 Å². The monoisotopic (exact) mass is 289 g/mol. The van der Waals surface area contributed by atoms with E-state index >= 15 is 0 Å². The Morgan fingerprint density at radius 2 is 2.05 bits per heavy atom. The highest BCUT2D eigenvalue weighted by atomic mass is 16.5. The SMILES string of the molecule is CCC1OC(C)=NC1CCOC1C=C2CCCC2=CC1C. The summed E-state index contributed by atoms with van der Waals surface area (Å²) in [4.78, 5) is 4.58. The second kappa shape index (κ2) is 6.35. The van der Waals surface area contributed by atoms with Crippen LogP contribution in [0.25, 0.3) is 0 Å². The average molecular weight is 289 g/mol. The highest BCUT2D eigenvalue weighted by Crippen LogP contribution is 2.36. The Hall–Kier alpha value is -1.09. The van der Waals surface area contributed by atoms with Crippen molar-refractivity contribution in [2.24, 2.45) is 10.9 Å². The highest BCUT2D eigenvalue weighted by Gasteiger charge is 2.29. The number of ether oxygens (including phenoxy) is 2. The first-order valence-corrected chi connectivity index (χ1v) is 8.41. The summed E-state index contributed by atoms with van der Waals surface area (Å²) in [5.41, 5.74) is 3.10. The Bertz CT molecular complexity index is 478. The summed E-state index contributed by atoms with van der Waals surface area (Å²) in [6, 6.07) is 0.277. The lowest BCUT2D eigenvalue weighted by atomic mass is 9.91. The van der Waals surface area contributed by atoms with Gasteiger partial charge in [0.1, 0.15) is 6.10 Å². The third-order valence-electron chi connectivity index (χ3n) is 4.88. The van der Waals surface area contributed by atoms with Crippen LogP contribution in [0.2, 0.25) is 0 Å². The van der Waals surface area contributed by atoms with E-state index in [1.807, 2.05) is 6.92 Å². The summed E-state index contributed by atoms with van der Waals surface area (Å²) in [5.74, 6) is 1.33. The first kappa shape index (κ1) is 14.8. The Morgan fingerprint density at radius 3 is 2.81 bits per heavy atom. The summed E-state index contributed by atoms with van der Waals surface area (Å²) in [7, 11) is 0. The molecule has 1 fully saturated rings. The van der Waals surface area contributed by atoms with Gasteiger partial charge in [0.2, 0.25) is 0 Å². The fourth-order valence-corrected chi connectivity index (χ4v) is 3.71. The third kappa shape index (κ3) is 3.23. The van der Waals surface area contributed by atoms with E-state index in [4.69, 9.17) is 9.47 Å². The minimum atomic E-state index is 0.245. The molecule has 0 aromatic heterocycles. The lowest BCUT2D eigenvalue weighted by Crippen LogP contribution is -2.26. The maximum atomic E-state index is 6.15. The van der Waals surface area contributed by atoms with Crippen molar-refractivity contribution >= 4 is 5.90 Å². The lowest BCUT2D eigenvalue weighted by Gasteiger charge is -2.25. The molecule has 3 nitrogen and oxygen atoms in total. The van der Waals surface area contributed by atoms with E-state index in [1.165, 1.54) is 24.8 Å². The van der Waals surface area contributed by atoms with Crippen molar-refractivity contribution in [3.63, 3.8) is 0 Å². The van der Waals surface area contributed by atoms with Gasteiger partial charge in [0, 0.05) is 19.4 Å². The standard InChI is InChI=1S/C18H27NO2/c1-4-17-16(19-13(3)21-17)8-9-20-18-11-15-7-5-6-14(15)10-12(18)2/h10-12,16-18H,4-9H2,1-3H3. The van der Waals surface area contributed by atoms with E-state index in [-0.39, 0.29) is 18.2 Å². The number of nitrogens with zero attached hydrogens (tertiary/aromatic N) is 1. The summed E-state index contributed by atoms with van der Waals surface area (Å²) >= 11 is 0. The van der Waals surface area contributed by atoms with E-state index in [1.54, 1.807) is 5.57 Å². The summed E-state index contributed by atoms with van der Waals surface area (Å²) in [5, 5.41) is 0. The Morgan fingerprint density at radius 1 is 1.29 bits per heavy atom. The van der Waals surface area contributed by atoms with Crippen molar-refractivity contribution < 1.29 is 9.47 Å². The molecule has 116 valence electrons. The van der Waals surface area contributed by atoms with Gasteiger partial charge in [0.15, 0.2) is 5.90 Å². The summed E-state index contributed by atoms with van der Waals surface area (Å²) < 4.78 is 11.9. The second-order valence-corrected chi connectivity index (χ2v) is 6.50. The Kier molecular flexibility index (Phi) is 4.48. The molecule has 21 heavy (non-hydrogen) atoms. The van der Waals surface area contributed by atoms with Gasteiger partial charge in [-0.2, -0.15) is 0 Å². The van der Waals surface area contributed by atoms with Crippen LogP contribution in [0.5, 0.6) is 0 Å². The maximum absolute atomic E-state index is 6.15. The number of aliphatic imine (C=N–C) groups is 1. The zero-order valence-electron chi connectivity index (χ0n) is 13.5. The Labute approximate surface area is 128 Å². The van der Waals surface area contributed by atoms with Crippen LogP contribution in [0.3, 0.4) is 0 Å². The molecule has 1 heterocycles. The van der Waals surface area contributed by atoms with Crippen molar-refractivity contribution in [1.29, 1.82) is 0 Å². The van der Waals surface area contributed by atoms with E-state index in [0.717, 1.165) is 25.3 Å².